The molecule has 9 nitrogen and oxygen atoms in total. The average molecular weight is 596 g/mol. The second-order valence-electron chi connectivity index (χ2n) is 8.83. The van der Waals surface area contributed by atoms with Crippen molar-refractivity contribution in [1.82, 2.24) is 14.8 Å². The van der Waals surface area contributed by atoms with Gasteiger partial charge in [0.15, 0.2) is 11.0 Å². The molecule has 0 unspecified atom stereocenters. The highest BCUT2D eigenvalue weighted by Crippen LogP contribution is 2.39. The fourth-order valence-electron chi connectivity index (χ4n) is 4.17. The van der Waals surface area contributed by atoms with E-state index >= 15 is 0 Å². The maximum absolute atomic E-state index is 13.0. The van der Waals surface area contributed by atoms with Gasteiger partial charge in [0.2, 0.25) is 5.91 Å². The van der Waals surface area contributed by atoms with E-state index in [2.05, 4.69) is 65.6 Å². The Balaban J connectivity index is 1.58. The number of thioether (sulfide) groups is 1. The van der Waals surface area contributed by atoms with Crippen molar-refractivity contribution >= 4 is 57.2 Å². The fourth-order valence-corrected chi connectivity index (χ4v) is 6.84. The summed E-state index contributed by atoms with van der Waals surface area (Å²) >= 11 is 3.81. The third-order valence-corrected chi connectivity index (χ3v) is 9.12. The number of amides is 2. The van der Waals surface area contributed by atoms with Crippen LogP contribution in [0.2, 0.25) is 0 Å². The molecule has 4 rings (SSSR count). The predicted molar refractivity (Wildman–Crippen MR) is 161 cm³/mol. The highest BCUT2D eigenvalue weighted by molar-refractivity contribution is 7.99. The van der Waals surface area contributed by atoms with E-state index in [1.54, 1.807) is 31.3 Å². The van der Waals surface area contributed by atoms with E-state index in [-0.39, 0.29) is 33.7 Å². The maximum Gasteiger partial charge on any atom is 0.341 e. The molecule has 0 fully saturated rings. The van der Waals surface area contributed by atoms with E-state index in [1.165, 1.54) is 22.2 Å². The van der Waals surface area contributed by atoms with Crippen molar-refractivity contribution in [2.75, 3.05) is 17.7 Å². The van der Waals surface area contributed by atoms with E-state index in [0.717, 1.165) is 28.0 Å². The number of carbonyl (C=O) groups excluding carboxylic acids is 3. The molecule has 12 heteroatoms. The highest BCUT2D eigenvalue weighted by atomic mass is 32.2. The Labute approximate surface area is 244 Å². The van der Waals surface area contributed by atoms with E-state index in [9.17, 15) is 14.4 Å². The summed E-state index contributed by atoms with van der Waals surface area (Å²) in [6.07, 6.45) is 1.76. The second-order valence-corrected chi connectivity index (χ2v) is 11.9. The molecule has 0 bridgehead atoms. The number of carbonyl (C=O) groups is 3. The number of ether oxygens (including phenoxy) is 1. The first-order valence-corrected chi connectivity index (χ1v) is 15.1. The van der Waals surface area contributed by atoms with E-state index < -0.39 is 11.9 Å². The van der Waals surface area contributed by atoms with Crippen LogP contribution in [0.3, 0.4) is 0 Å². The SMILES string of the molecule is C=CCn1c(SCC(=O)Nc2sc(C(N)=O)c(C)c2C(=O)OCC)nnc1-c1csc(C)c1-c1ccc(C)cc1. The minimum atomic E-state index is -0.679. The Hall–Kier alpha value is -3.74. The summed E-state index contributed by atoms with van der Waals surface area (Å²) in [5.41, 5.74) is 10.3. The van der Waals surface area contributed by atoms with Crippen LogP contribution in [0, 0.1) is 20.8 Å². The maximum atomic E-state index is 13.0. The van der Waals surface area contributed by atoms with Crippen LogP contribution >= 0.6 is 34.4 Å². The Morgan fingerprint density at radius 1 is 1.18 bits per heavy atom. The summed E-state index contributed by atoms with van der Waals surface area (Å²) in [6, 6.07) is 8.37. The van der Waals surface area contributed by atoms with E-state index in [0.29, 0.717) is 23.1 Å². The topological polar surface area (TPSA) is 129 Å². The summed E-state index contributed by atoms with van der Waals surface area (Å²) in [6.45, 7) is 11.9. The summed E-state index contributed by atoms with van der Waals surface area (Å²) in [4.78, 5) is 38.7. The van der Waals surface area contributed by atoms with Crippen LogP contribution in [0.4, 0.5) is 5.00 Å². The van der Waals surface area contributed by atoms with Gasteiger partial charge in [0.1, 0.15) is 5.00 Å². The largest absolute Gasteiger partial charge is 0.462 e. The molecule has 0 saturated heterocycles. The third kappa shape index (κ3) is 6.03. The van der Waals surface area contributed by atoms with Gasteiger partial charge in [-0.05, 0) is 38.8 Å². The smallest absolute Gasteiger partial charge is 0.341 e. The molecule has 3 aromatic heterocycles. The van der Waals surface area contributed by atoms with Gasteiger partial charge in [-0.1, -0.05) is 47.7 Å². The lowest BCUT2D eigenvalue weighted by molar-refractivity contribution is -0.113. The predicted octanol–water partition coefficient (Wildman–Crippen LogP) is 5.85. The molecule has 1 aromatic carbocycles. The number of hydrogen-bond donors (Lipinski definition) is 2. The molecule has 40 heavy (non-hydrogen) atoms. The van der Waals surface area contributed by atoms with Crippen molar-refractivity contribution in [3.05, 3.63) is 68.7 Å². The first-order chi connectivity index (χ1) is 19.2. The molecule has 0 aliphatic carbocycles. The van der Waals surface area contributed by atoms with Crippen LogP contribution in [-0.4, -0.2) is 44.9 Å². The van der Waals surface area contributed by atoms with Gasteiger partial charge < -0.3 is 15.8 Å². The molecule has 0 aliphatic heterocycles. The van der Waals surface area contributed by atoms with E-state index in [4.69, 9.17) is 10.5 Å². The Morgan fingerprint density at radius 3 is 2.55 bits per heavy atom. The van der Waals surface area contributed by atoms with Crippen molar-refractivity contribution in [3.8, 4) is 22.5 Å². The minimum absolute atomic E-state index is 0.00607. The third-order valence-electron chi connectivity index (χ3n) is 6.02. The van der Waals surface area contributed by atoms with Crippen LogP contribution in [0.15, 0.2) is 47.5 Å². The number of benzene rings is 1. The molecule has 0 aliphatic rings. The molecule has 3 N–H and O–H groups in total. The first-order valence-electron chi connectivity index (χ1n) is 12.4. The molecular formula is C28H29N5O4S3. The number of esters is 1. The number of nitrogens with two attached hydrogens (primary N) is 1. The molecule has 0 radical (unpaired) electrons. The lowest BCUT2D eigenvalue weighted by Crippen LogP contribution is -2.17. The Morgan fingerprint density at radius 2 is 1.90 bits per heavy atom. The summed E-state index contributed by atoms with van der Waals surface area (Å²) in [7, 11) is 0. The number of rotatable bonds is 11. The number of nitrogens with one attached hydrogen (secondary N) is 1. The summed E-state index contributed by atoms with van der Waals surface area (Å²) < 4.78 is 7.04. The average Bonchev–Trinajstić information content (AvgIpc) is 3.58. The van der Waals surface area contributed by atoms with Crippen molar-refractivity contribution < 1.29 is 19.1 Å². The number of aromatic nitrogens is 3. The number of aryl methyl sites for hydroxylation is 2. The zero-order chi connectivity index (χ0) is 29.0. The standard InChI is InChI=1S/C28H29N5O4S3/c1-6-12-33-25(19-13-38-17(5)22(19)18-10-8-15(3)9-11-18)31-32-28(33)39-14-20(34)30-26-21(27(36)37-7-2)16(4)23(40-26)24(29)35/h6,8-11,13H,1,7,12,14H2,2-5H3,(H2,29,35)(H,30,34). The number of nitrogens with zero attached hydrogens (tertiary/aromatic N) is 3. The van der Waals surface area contributed by atoms with Crippen LogP contribution in [-0.2, 0) is 16.1 Å². The van der Waals surface area contributed by atoms with Crippen LogP contribution in [0.1, 0.15) is 43.0 Å². The quantitative estimate of drug-likeness (QED) is 0.126. The summed E-state index contributed by atoms with van der Waals surface area (Å²) in [5.74, 6) is -1.01. The molecule has 0 spiro atoms. The summed E-state index contributed by atoms with van der Waals surface area (Å²) in [5, 5.41) is 14.4. The number of hydrogen-bond acceptors (Lipinski definition) is 9. The molecule has 3 heterocycles. The van der Waals surface area contributed by atoms with Crippen molar-refractivity contribution in [1.29, 1.82) is 0 Å². The van der Waals surface area contributed by atoms with Gasteiger partial charge in [-0.25, -0.2) is 4.79 Å². The molecule has 208 valence electrons. The molecule has 2 amide bonds. The minimum Gasteiger partial charge on any atom is -0.462 e. The van der Waals surface area contributed by atoms with Crippen molar-refractivity contribution in [2.45, 2.75) is 39.4 Å². The number of allylic oxidation sites excluding steroid dienone is 1. The van der Waals surface area contributed by atoms with Crippen LogP contribution in [0.25, 0.3) is 22.5 Å². The lowest BCUT2D eigenvalue weighted by Gasteiger charge is -2.10. The first kappa shape index (κ1) is 29.2. The lowest BCUT2D eigenvalue weighted by atomic mass is 10.0. The van der Waals surface area contributed by atoms with Gasteiger partial charge in [0.25, 0.3) is 5.91 Å². The zero-order valence-corrected chi connectivity index (χ0v) is 25.0. The Kier molecular flexibility index (Phi) is 9.23. The number of thiophene rings is 2. The monoisotopic (exact) mass is 595 g/mol. The molecule has 4 aromatic rings. The number of primary amides is 1. The highest BCUT2D eigenvalue weighted by Gasteiger charge is 2.26. The van der Waals surface area contributed by atoms with Crippen molar-refractivity contribution in [3.63, 3.8) is 0 Å². The van der Waals surface area contributed by atoms with Crippen LogP contribution in [0.5, 0.6) is 0 Å². The fraction of sp³-hybridized carbons (Fsp3) is 0.250. The van der Waals surface area contributed by atoms with Gasteiger partial charge >= 0.3 is 5.97 Å². The van der Waals surface area contributed by atoms with Gasteiger partial charge in [-0.15, -0.1) is 39.4 Å². The van der Waals surface area contributed by atoms with Crippen LogP contribution < -0.4 is 11.1 Å². The molecule has 0 saturated carbocycles. The normalized spacial score (nSPS) is 10.9. The number of anilines is 1. The molecule has 0 atom stereocenters. The molecular weight excluding hydrogens is 567 g/mol. The van der Waals surface area contributed by atoms with E-state index in [1.807, 2.05) is 4.57 Å². The Bertz CT molecular complexity index is 1580. The van der Waals surface area contributed by atoms with Gasteiger partial charge in [0, 0.05) is 27.9 Å². The van der Waals surface area contributed by atoms with Gasteiger partial charge in [-0.2, -0.15) is 0 Å². The second kappa shape index (κ2) is 12.6. The zero-order valence-electron chi connectivity index (χ0n) is 22.6. The van der Waals surface area contributed by atoms with Gasteiger partial charge in [0.05, 0.1) is 22.8 Å². The van der Waals surface area contributed by atoms with Crippen molar-refractivity contribution in [2.24, 2.45) is 5.73 Å². The van der Waals surface area contributed by atoms with Gasteiger partial charge in [-0.3, -0.25) is 14.2 Å².